The molecule has 0 atom stereocenters. The number of hydrogen-bond donors (Lipinski definition) is 1. The van der Waals surface area contributed by atoms with Crippen molar-refractivity contribution in [2.45, 2.75) is 0 Å². The monoisotopic (exact) mass is 314 g/mol. The van der Waals surface area contributed by atoms with E-state index in [1.807, 2.05) is 6.07 Å². The Balaban J connectivity index is 1.72. The summed E-state index contributed by atoms with van der Waals surface area (Å²) in [4.78, 5) is 21.0. The molecule has 5 nitrogen and oxygen atoms in total. The van der Waals surface area contributed by atoms with Crippen LogP contribution in [0.2, 0.25) is 0 Å². The first-order valence-electron chi connectivity index (χ1n) is 7.57. The third-order valence-corrected chi connectivity index (χ3v) is 3.94. The number of likely N-dealkylation sites (N-methyl/N-ethyl adjacent to an activating group) is 1. The van der Waals surface area contributed by atoms with E-state index >= 15 is 0 Å². The van der Waals surface area contributed by atoms with Crippen molar-refractivity contribution in [3.05, 3.63) is 54.1 Å². The predicted molar refractivity (Wildman–Crippen MR) is 88.3 cm³/mol. The molecule has 0 unspecified atom stereocenters. The number of carbonyl (C=O) groups excluding carboxylic acids is 1. The fraction of sp³-hybridized carbons (Fsp3) is 0.294. The molecule has 120 valence electrons. The quantitative estimate of drug-likeness (QED) is 0.944. The summed E-state index contributed by atoms with van der Waals surface area (Å²) in [5.41, 5.74) is 1.83. The fourth-order valence-electron chi connectivity index (χ4n) is 2.56. The Kier molecular flexibility index (Phi) is 4.52. The van der Waals surface area contributed by atoms with Crippen molar-refractivity contribution in [2.24, 2.45) is 0 Å². The highest BCUT2D eigenvalue weighted by atomic mass is 19.1. The molecule has 0 saturated carbocycles. The zero-order chi connectivity index (χ0) is 16.2. The number of hydrogen-bond acceptors (Lipinski definition) is 4. The van der Waals surface area contributed by atoms with Gasteiger partial charge >= 0.3 is 0 Å². The van der Waals surface area contributed by atoms with Gasteiger partial charge in [-0.2, -0.15) is 0 Å². The van der Waals surface area contributed by atoms with Crippen molar-refractivity contribution in [1.29, 1.82) is 0 Å². The minimum atomic E-state index is -0.382. The number of rotatable bonds is 3. The lowest BCUT2D eigenvalue weighted by Crippen LogP contribution is -2.44. The Morgan fingerprint density at radius 1 is 1.17 bits per heavy atom. The summed E-state index contributed by atoms with van der Waals surface area (Å²) in [6.07, 6.45) is 3.29. The second-order valence-corrected chi connectivity index (χ2v) is 5.69. The lowest BCUT2D eigenvalue weighted by molar-refractivity contribution is 0.102. The van der Waals surface area contributed by atoms with E-state index in [0.717, 1.165) is 31.9 Å². The normalized spacial score (nSPS) is 15.5. The Morgan fingerprint density at radius 2 is 1.96 bits per heavy atom. The first kappa shape index (κ1) is 15.4. The Hall–Kier alpha value is -2.47. The Morgan fingerprint density at radius 3 is 2.70 bits per heavy atom. The van der Waals surface area contributed by atoms with Crippen LogP contribution in [0.15, 0.2) is 42.7 Å². The van der Waals surface area contributed by atoms with E-state index < -0.39 is 0 Å². The molecule has 0 bridgehead atoms. The predicted octanol–water partition coefficient (Wildman–Crippen LogP) is 2.22. The molecule has 0 aliphatic carbocycles. The van der Waals surface area contributed by atoms with Crippen molar-refractivity contribution in [3.63, 3.8) is 0 Å². The molecule has 0 spiro atoms. The summed E-state index contributed by atoms with van der Waals surface area (Å²) in [5, 5.41) is 2.69. The number of anilines is 2. The zero-order valence-electron chi connectivity index (χ0n) is 13.0. The highest BCUT2D eigenvalue weighted by molar-refractivity contribution is 6.04. The first-order valence-corrected chi connectivity index (χ1v) is 7.57. The second-order valence-electron chi connectivity index (χ2n) is 5.69. The molecule has 1 fully saturated rings. The molecule has 1 aliphatic heterocycles. The maximum atomic E-state index is 13.2. The zero-order valence-corrected chi connectivity index (χ0v) is 13.0. The number of nitrogens with zero attached hydrogens (tertiary/aromatic N) is 3. The van der Waals surface area contributed by atoms with Crippen molar-refractivity contribution in [2.75, 3.05) is 43.4 Å². The molecule has 2 aromatic rings. The number of benzene rings is 1. The number of nitrogens with one attached hydrogen (secondary N) is 1. The Labute approximate surface area is 134 Å². The van der Waals surface area contributed by atoms with Crippen LogP contribution in [0, 0.1) is 5.82 Å². The number of aromatic nitrogens is 1. The van der Waals surface area contributed by atoms with E-state index in [1.54, 1.807) is 18.3 Å². The van der Waals surface area contributed by atoms with Crippen LogP contribution in [0.5, 0.6) is 0 Å². The molecule has 23 heavy (non-hydrogen) atoms. The van der Waals surface area contributed by atoms with Gasteiger partial charge in [-0.3, -0.25) is 9.78 Å². The van der Waals surface area contributed by atoms with Crippen molar-refractivity contribution < 1.29 is 9.18 Å². The molecule has 1 aromatic heterocycles. The van der Waals surface area contributed by atoms with Gasteiger partial charge in [0.1, 0.15) is 5.82 Å². The van der Waals surface area contributed by atoms with Gasteiger partial charge < -0.3 is 15.1 Å². The van der Waals surface area contributed by atoms with Gasteiger partial charge in [0.05, 0.1) is 17.4 Å². The average Bonchev–Trinajstić information content (AvgIpc) is 2.56. The molecule has 2 heterocycles. The van der Waals surface area contributed by atoms with Crippen molar-refractivity contribution in [1.82, 2.24) is 9.88 Å². The van der Waals surface area contributed by atoms with Gasteiger partial charge in [0, 0.05) is 38.1 Å². The number of piperazine rings is 1. The van der Waals surface area contributed by atoms with Gasteiger partial charge in [0.2, 0.25) is 0 Å². The van der Waals surface area contributed by atoms with Crippen LogP contribution in [-0.4, -0.2) is 49.0 Å². The van der Waals surface area contributed by atoms with Crippen molar-refractivity contribution in [3.8, 4) is 0 Å². The standard InChI is InChI=1S/C17H19FN4O/c1-21-5-7-22(8-6-21)16-9-13(11-19-12-16)17(23)20-15-4-2-3-14(18)10-15/h2-4,9-12H,5-8H2,1H3,(H,20,23). The lowest BCUT2D eigenvalue weighted by atomic mass is 10.2. The van der Waals surface area contributed by atoms with Gasteiger partial charge in [-0.15, -0.1) is 0 Å². The molecule has 1 aromatic carbocycles. The highest BCUT2D eigenvalue weighted by Crippen LogP contribution is 2.18. The second kappa shape index (κ2) is 6.75. The third-order valence-electron chi connectivity index (χ3n) is 3.94. The van der Waals surface area contributed by atoms with E-state index in [-0.39, 0.29) is 11.7 Å². The van der Waals surface area contributed by atoms with Gasteiger partial charge in [-0.05, 0) is 31.3 Å². The van der Waals surface area contributed by atoms with Crippen LogP contribution in [0.3, 0.4) is 0 Å². The van der Waals surface area contributed by atoms with E-state index in [2.05, 4.69) is 27.1 Å². The van der Waals surface area contributed by atoms with Crippen LogP contribution in [0.4, 0.5) is 15.8 Å². The Bertz CT molecular complexity index is 698. The van der Waals surface area contributed by atoms with E-state index in [1.165, 1.54) is 18.3 Å². The van der Waals surface area contributed by atoms with Gasteiger partial charge in [0.15, 0.2) is 0 Å². The lowest BCUT2D eigenvalue weighted by Gasteiger charge is -2.33. The maximum Gasteiger partial charge on any atom is 0.257 e. The van der Waals surface area contributed by atoms with Crippen LogP contribution in [0.25, 0.3) is 0 Å². The largest absolute Gasteiger partial charge is 0.368 e. The third kappa shape index (κ3) is 3.84. The summed E-state index contributed by atoms with van der Waals surface area (Å²) in [6.45, 7) is 3.79. The molecule has 1 aliphatic rings. The molecule has 3 rings (SSSR count). The number of carbonyl (C=O) groups is 1. The molecule has 1 saturated heterocycles. The van der Waals surface area contributed by atoms with Crippen LogP contribution >= 0.6 is 0 Å². The van der Waals surface area contributed by atoms with E-state index in [0.29, 0.717) is 11.3 Å². The SMILES string of the molecule is CN1CCN(c2cncc(C(=O)Nc3cccc(F)c3)c2)CC1. The summed E-state index contributed by atoms with van der Waals surface area (Å²) < 4.78 is 13.2. The average molecular weight is 314 g/mol. The summed E-state index contributed by atoms with van der Waals surface area (Å²) in [6, 6.07) is 7.66. The molecule has 0 radical (unpaired) electrons. The van der Waals surface area contributed by atoms with Crippen LogP contribution in [-0.2, 0) is 0 Å². The smallest absolute Gasteiger partial charge is 0.257 e. The molecular formula is C17H19FN4O. The minimum Gasteiger partial charge on any atom is -0.368 e. The summed E-state index contributed by atoms with van der Waals surface area (Å²) in [5.74, 6) is -0.675. The molecule has 6 heteroatoms. The van der Waals surface area contributed by atoms with Crippen LogP contribution < -0.4 is 10.2 Å². The summed E-state index contributed by atoms with van der Waals surface area (Å²) in [7, 11) is 2.10. The number of halogens is 1. The van der Waals surface area contributed by atoms with Gasteiger partial charge in [-0.1, -0.05) is 6.07 Å². The van der Waals surface area contributed by atoms with Crippen molar-refractivity contribution >= 4 is 17.3 Å². The molecule has 1 N–H and O–H groups in total. The summed E-state index contributed by atoms with van der Waals surface area (Å²) >= 11 is 0. The molecular weight excluding hydrogens is 295 g/mol. The molecule has 1 amide bonds. The first-order chi connectivity index (χ1) is 11.1. The number of amides is 1. The fourth-order valence-corrected chi connectivity index (χ4v) is 2.56. The van der Waals surface area contributed by atoms with Gasteiger partial charge in [-0.25, -0.2) is 4.39 Å². The minimum absolute atomic E-state index is 0.293. The topological polar surface area (TPSA) is 48.5 Å². The van der Waals surface area contributed by atoms with E-state index in [9.17, 15) is 9.18 Å². The highest BCUT2D eigenvalue weighted by Gasteiger charge is 2.16. The van der Waals surface area contributed by atoms with Gasteiger partial charge in [0.25, 0.3) is 5.91 Å². The maximum absolute atomic E-state index is 13.2. The van der Waals surface area contributed by atoms with Crippen LogP contribution in [0.1, 0.15) is 10.4 Å². The number of pyridine rings is 1. The van der Waals surface area contributed by atoms with E-state index in [4.69, 9.17) is 0 Å².